The number of nitrogens with one attached hydrogen (secondary N) is 1. The predicted octanol–water partition coefficient (Wildman–Crippen LogP) is 4.69. The summed E-state index contributed by atoms with van der Waals surface area (Å²) in [5, 5.41) is 2.83. The second-order valence-electron chi connectivity index (χ2n) is 9.02. The van der Waals surface area contributed by atoms with Crippen molar-refractivity contribution in [2.45, 2.75) is 56.8 Å². The summed E-state index contributed by atoms with van der Waals surface area (Å²) in [4.78, 5) is 12.4. The summed E-state index contributed by atoms with van der Waals surface area (Å²) < 4.78 is 0. The van der Waals surface area contributed by atoms with Crippen LogP contribution < -0.4 is 5.32 Å². The van der Waals surface area contributed by atoms with Crippen LogP contribution in [0, 0.1) is 23.7 Å². The Labute approximate surface area is 151 Å². The molecule has 1 aromatic carbocycles. The Bertz CT molecular complexity index is 725. The number of allylic oxidation sites excluding steroid dienone is 1. The Kier molecular flexibility index (Phi) is 3.59. The molecule has 4 aliphatic carbocycles. The zero-order chi connectivity index (χ0) is 17.0. The van der Waals surface area contributed by atoms with Crippen LogP contribution in [0.4, 0.5) is 0 Å². The largest absolute Gasteiger partial charge is 0.355 e. The van der Waals surface area contributed by atoms with E-state index in [1.165, 1.54) is 62.5 Å². The van der Waals surface area contributed by atoms with Crippen LogP contribution in [0.1, 0.15) is 62.5 Å². The van der Waals surface area contributed by atoms with Crippen molar-refractivity contribution in [1.29, 1.82) is 0 Å². The van der Waals surface area contributed by atoms with E-state index in [1.54, 1.807) is 7.05 Å². The fraction of sp³-hybridized carbons (Fsp3) is 0.609. The number of carbonyl (C=O) groups is 1. The second kappa shape index (κ2) is 5.72. The first kappa shape index (κ1) is 15.7. The molecule has 1 spiro atoms. The van der Waals surface area contributed by atoms with Crippen molar-refractivity contribution in [1.82, 2.24) is 5.32 Å². The van der Waals surface area contributed by atoms with Gasteiger partial charge in [-0.25, -0.2) is 0 Å². The molecule has 2 heteroatoms. The van der Waals surface area contributed by atoms with E-state index < -0.39 is 0 Å². The molecule has 1 N–H and O–H groups in total. The lowest BCUT2D eigenvalue weighted by Crippen LogP contribution is -2.33. The highest BCUT2D eigenvalue weighted by atomic mass is 16.1. The van der Waals surface area contributed by atoms with Crippen LogP contribution in [0.15, 0.2) is 30.3 Å². The van der Waals surface area contributed by atoms with E-state index in [2.05, 4.69) is 35.7 Å². The minimum absolute atomic E-state index is 0.0690. The lowest BCUT2D eigenvalue weighted by Gasteiger charge is -2.41. The van der Waals surface area contributed by atoms with E-state index in [0.29, 0.717) is 0 Å². The summed E-state index contributed by atoms with van der Waals surface area (Å²) >= 11 is 0. The number of likely N-dealkylation sites (N-methyl/N-ethyl adjacent to an activating group) is 1. The van der Waals surface area contributed by atoms with E-state index >= 15 is 0 Å². The lowest BCUT2D eigenvalue weighted by molar-refractivity contribution is -0.115. The van der Waals surface area contributed by atoms with Gasteiger partial charge in [0, 0.05) is 18.0 Å². The quantitative estimate of drug-likeness (QED) is 0.834. The molecule has 132 valence electrons. The first-order valence-electron chi connectivity index (χ1n) is 10.2. The topological polar surface area (TPSA) is 29.1 Å². The van der Waals surface area contributed by atoms with E-state index in [1.807, 2.05) is 0 Å². The second-order valence-corrected chi connectivity index (χ2v) is 9.02. The van der Waals surface area contributed by atoms with Gasteiger partial charge in [0.2, 0.25) is 0 Å². The summed E-state index contributed by atoms with van der Waals surface area (Å²) in [7, 11) is 1.74. The van der Waals surface area contributed by atoms with Gasteiger partial charge in [0.1, 0.15) is 0 Å². The van der Waals surface area contributed by atoms with Gasteiger partial charge in [0.25, 0.3) is 5.91 Å². The molecule has 2 bridgehead atoms. The Hall–Kier alpha value is -1.57. The average Bonchev–Trinajstić information content (AvgIpc) is 3.36. The first-order chi connectivity index (χ1) is 12.2. The van der Waals surface area contributed by atoms with Crippen molar-refractivity contribution in [3.8, 4) is 0 Å². The molecule has 0 saturated heterocycles. The molecule has 0 aliphatic heterocycles. The molecule has 1 unspecified atom stereocenters. The summed E-state index contributed by atoms with van der Waals surface area (Å²) in [5.41, 5.74) is 3.59. The molecule has 5 rings (SSSR count). The first-order valence-corrected chi connectivity index (χ1v) is 10.2. The van der Waals surface area contributed by atoms with Crippen LogP contribution in [0.25, 0.3) is 5.57 Å². The van der Waals surface area contributed by atoms with Crippen molar-refractivity contribution in [2.75, 3.05) is 7.05 Å². The fourth-order valence-corrected chi connectivity index (χ4v) is 6.77. The van der Waals surface area contributed by atoms with Gasteiger partial charge in [-0.2, -0.15) is 0 Å². The molecule has 0 aromatic heterocycles. The van der Waals surface area contributed by atoms with Gasteiger partial charge in [-0.3, -0.25) is 4.79 Å². The summed E-state index contributed by atoms with van der Waals surface area (Å²) in [6, 6.07) is 8.60. The van der Waals surface area contributed by atoms with Gasteiger partial charge in [-0.05, 0) is 79.7 Å². The van der Waals surface area contributed by atoms with Gasteiger partial charge < -0.3 is 5.32 Å². The van der Waals surface area contributed by atoms with Gasteiger partial charge in [0.05, 0.1) is 0 Å². The molecule has 4 aliphatic rings. The number of hydrogen-bond donors (Lipinski definition) is 1. The van der Waals surface area contributed by atoms with Gasteiger partial charge in [-0.15, -0.1) is 0 Å². The Morgan fingerprint density at radius 3 is 2.52 bits per heavy atom. The predicted molar refractivity (Wildman–Crippen MR) is 101 cm³/mol. The zero-order valence-corrected chi connectivity index (χ0v) is 15.3. The molecule has 0 radical (unpaired) electrons. The molecular formula is C23H29NO. The Balaban J connectivity index is 1.40. The van der Waals surface area contributed by atoms with Gasteiger partial charge >= 0.3 is 0 Å². The van der Waals surface area contributed by atoms with Crippen LogP contribution in [0.3, 0.4) is 0 Å². The number of rotatable bonds is 2. The third-order valence-corrected chi connectivity index (χ3v) is 7.97. The highest BCUT2D eigenvalue weighted by molar-refractivity contribution is 6.21. The molecule has 3 atom stereocenters. The van der Waals surface area contributed by atoms with E-state index in [-0.39, 0.29) is 11.3 Å². The average molecular weight is 335 g/mol. The van der Waals surface area contributed by atoms with Crippen LogP contribution >= 0.6 is 0 Å². The van der Waals surface area contributed by atoms with E-state index in [9.17, 15) is 4.79 Å². The Morgan fingerprint density at radius 1 is 1.04 bits per heavy atom. The maximum Gasteiger partial charge on any atom is 0.251 e. The van der Waals surface area contributed by atoms with Crippen LogP contribution in [-0.4, -0.2) is 13.0 Å². The number of hydrogen-bond acceptors (Lipinski definition) is 1. The van der Waals surface area contributed by atoms with Crippen molar-refractivity contribution in [2.24, 2.45) is 23.7 Å². The van der Waals surface area contributed by atoms with E-state index in [4.69, 9.17) is 0 Å². The Morgan fingerprint density at radius 2 is 1.84 bits per heavy atom. The number of carbonyl (C=O) groups excluding carboxylic acids is 1. The van der Waals surface area contributed by atoms with E-state index in [0.717, 1.165) is 29.2 Å². The van der Waals surface area contributed by atoms with Crippen LogP contribution in [0.5, 0.6) is 0 Å². The molecule has 0 heterocycles. The monoisotopic (exact) mass is 335 g/mol. The van der Waals surface area contributed by atoms with Crippen molar-refractivity contribution >= 4 is 11.5 Å². The molecule has 3 saturated carbocycles. The summed E-state index contributed by atoms with van der Waals surface area (Å²) in [6.45, 7) is 0. The maximum absolute atomic E-state index is 12.4. The molecule has 25 heavy (non-hydrogen) atoms. The number of benzene rings is 1. The summed E-state index contributed by atoms with van der Waals surface area (Å²) in [5.74, 6) is 4.11. The molecule has 1 amide bonds. The maximum atomic E-state index is 12.4. The van der Waals surface area contributed by atoms with Crippen molar-refractivity contribution in [3.63, 3.8) is 0 Å². The summed E-state index contributed by atoms with van der Waals surface area (Å²) in [6.07, 6.45) is 13.5. The normalized spacial score (nSPS) is 38.7. The van der Waals surface area contributed by atoms with Gasteiger partial charge in [0.15, 0.2) is 0 Å². The third kappa shape index (κ3) is 2.33. The molecule has 3 fully saturated rings. The SMILES string of the molecule is CNC(=O)C1=CC2(CCC(C3C[C@@H]4CC[C@@H]3C4)CC2)c2ccccc21. The highest BCUT2D eigenvalue weighted by Gasteiger charge is 2.47. The minimum Gasteiger partial charge on any atom is -0.355 e. The van der Waals surface area contributed by atoms with Crippen LogP contribution in [-0.2, 0) is 10.2 Å². The standard InChI is InChI=1S/C23H29NO/c1-24-22(25)20-14-23(21-5-3-2-4-18(20)21)10-8-16(9-11-23)19-13-15-6-7-17(19)12-15/h2-5,14-17,19H,6-13H2,1H3,(H,24,25)/t15-,16?,17-,19?,23?/m1/s1. The highest BCUT2D eigenvalue weighted by Crippen LogP contribution is 2.57. The molecular weight excluding hydrogens is 306 g/mol. The number of amides is 1. The van der Waals surface area contributed by atoms with Gasteiger partial charge in [-0.1, -0.05) is 36.8 Å². The van der Waals surface area contributed by atoms with Crippen molar-refractivity contribution in [3.05, 3.63) is 41.5 Å². The molecule has 1 aromatic rings. The van der Waals surface area contributed by atoms with Crippen molar-refractivity contribution < 1.29 is 4.79 Å². The molecule has 2 nitrogen and oxygen atoms in total. The minimum atomic E-state index is 0.0690. The number of fused-ring (bicyclic) bond motifs is 4. The van der Waals surface area contributed by atoms with Crippen LogP contribution in [0.2, 0.25) is 0 Å². The lowest BCUT2D eigenvalue weighted by atomic mass is 9.63. The zero-order valence-electron chi connectivity index (χ0n) is 15.3. The fourth-order valence-electron chi connectivity index (χ4n) is 6.77. The third-order valence-electron chi connectivity index (χ3n) is 7.97. The smallest absolute Gasteiger partial charge is 0.251 e.